The van der Waals surface area contributed by atoms with Crippen LogP contribution in [0.15, 0.2) is 29.3 Å². The molecular formula is C19H26F3N5O. The van der Waals surface area contributed by atoms with Crippen LogP contribution >= 0.6 is 0 Å². The Bertz CT molecular complexity index is 722. The van der Waals surface area contributed by atoms with Crippen LogP contribution in [0.1, 0.15) is 18.4 Å². The minimum absolute atomic E-state index is 0.0554. The first-order valence-corrected chi connectivity index (χ1v) is 9.50. The van der Waals surface area contributed by atoms with Crippen LogP contribution in [0.25, 0.3) is 0 Å². The number of rotatable bonds is 4. The number of benzene rings is 1. The molecule has 6 nitrogen and oxygen atoms in total. The fourth-order valence-electron chi connectivity index (χ4n) is 3.78. The fourth-order valence-corrected chi connectivity index (χ4v) is 3.78. The van der Waals surface area contributed by atoms with Crippen LogP contribution in [0.5, 0.6) is 0 Å². The highest BCUT2D eigenvalue weighted by atomic mass is 19.4. The Morgan fingerprint density at radius 2 is 2.07 bits per heavy atom. The Morgan fingerprint density at radius 3 is 2.82 bits per heavy atom. The van der Waals surface area contributed by atoms with E-state index in [4.69, 9.17) is 0 Å². The lowest BCUT2D eigenvalue weighted by Gasteiger charge is -2.29. The van der Waals surface area contributed by atoms with Gasteiger partial charge in [0.05, 0.1) is 13.1 Å². The molecular weight excluding hydrogens is 371 g/mol. The molecule has 1 aromatic carbocycles. The minimum Gasteiger partial charge on any atom is -0.352 e. The topological polar surface area (TPSA) is 60.0 Å². The average molecular weight is 397 g/mol. The number of carbonyl (C=O) groups is 1. The number of likely N-dealkylation sites (tertiary alicyclic amines) is 1. The van der Waals surface area contributed by atoms with Gasteiger partial charge in [0.1, 0.15) is 0 Å². The van der Waals surface area contributed by atoms with E-state index in [9.17, 15) is 18.0 Å². The molecule has 2 aliphatic rings. The lowest BCUT2D eigenvalue weighted by Crippen LogP contribution is -2.49. The van der Waals surface area contributed by atoms with Crippen molar-refractivity contribution in [2.45, 2.75) is 31.5 Å². The third-order valence-corrected chi connectivity index (χ3v) is 5.06. The molecule has 1 atom stereocenters. The number of fused-ring (bicyclic) bond motifs is 1. The van der Waals surface area contributed by atoms with Crippen LogP contribution in [0.4, 0.5) is 18.9 Å². The van der Waals surface area contributed by atoms with Gasteiger partial charge < -0.3 is 15.5 Å². The molecule has 2 aliphatic heterocycles. The van der Waals surface area contributed by atoms with E-state index in [1.807, 2.05) is 24.3 Å². The standard InChI is InChI=1S/C19H26F3N5O/c1-23-18(25-15-8-10-26(12-15)13-19(20,21)22)24-11-17(28)27-9-4-6-14-5-2-3-7-16(14)27/h2-3,5,7,15H,4,6,8-13H2,1H3,(H2,23,24,25). The summed E-state index contributed by atoms with van der Waals surface area (Å²) >= 11 is 0. The van der Waals surface area contributed by atoms with Crippen LogP contribution < -0.4 is 15.5 Å². The SMILES string of the molecule is CN=C(NCC(=O)N1CCCc2ccccc21)NC1CCN(CC(F)(F)F)C1. The van der Waals surface area contributed by atoms with E-state index in [2.05, 4.69) is 15.6 Å². The number of alkyl halides is 3. The first-order valence-electron chi connectivity index (χ1n) is 9.50. The highest BCUT2D eigenvalue weighted by Crippen LogP contribution is 2.26. The van der Waals surface area contributed by atoms with Gasteiger partial charge in [0, 0.05) is 38.4 Å². The van der Waals surface area contributed by atoms with Gasteiger partial charge in [0.25, 0.3) is 0 Å². The summed E-state index contributed by atoms with van der Waals surface area (Å²) in [5.74, 6) is 0.373. The molecule has 1 unspecified atom stereocenters. The zero-order valence-corrected chi connectivity index (χ0v) is 15.9. The van der Waals surface area contributed by atoms with Crippen molar-refractivity contribution < 1.29 is 18.0 Å². The smallest absolute Gasteiger partial charge is 0.352 e. The number of halogens is 3. The minimum atomic E-state index is -4.19. The van der Waals surface area contributed by atoms with Gasteiger partial charge in [-0.2, -0.15) is 13.2 Å². The number of carbonyl (C=O) groups excluding carboxylic acids is 1. The van der Waals surface area contributed by atoms with E-state index < -0.39 is 12.7 Å². The van der Waals surface area contributed by atoms with E-state index in [1.54, 1.807) is 11.9 Å². The first-order chi connectivity index (χ1) is 13.4. The molecule has 0 bridgehead atoms. The number of aryl methyl sites for hydroxylation is 1. The summed E-state index contributed by atoms with van der Waals surface area (Å²) in [5, 5.41) is 6.11. The average Bonchev–Trinajstić information content (AvgIpc) is 3.09. The molecule has 2 N–H and O–H groups in total. The molecule has 1 saturated heterocycles. The summed E-state index contributed by atoms with van der Waals surface area (Å²) < 4.78 is 37.5. The number of hydrogen-bond acceptors (Lipinski definition) is 3. The number of guanidine groups is 1. The number of para-hydroxylation sites is 1. The van der Waals surface area contributed by atoms with Gasteiger partial charge in [-0.25, -0.2) is 0 Å². The van der Waals surface area contributed by atoms with Crippen molar-refractivity contribution in [3.63, 3.8) is 0 Å². The Balaban J connectivity index is 1.49. The molecule has 9 heteroatoms. The zero-order chi connectivity index (χ0) is 20.1. The van der Waals surface area contributed by atoms with Crippen LogP contribution in [0.2, 0.25) is 0 Å². The van der Waals surface area contributed by atoms with Gasteiger partial charge in [-0.15, -0.1) is 0 Å². The van der Waals surface area contributed by atoms with Crippen molar-refractivity contribution in [2.75, 3.05) is 44.7 Å². The molecule has 0 aromatic heterocycles. The number of hydrogen-bond donors (Lipinski definition) is 2. The van der Waals surface area contributed by atoms with E-state index in [1.165, 1.54) is 10.5 Å². The molecule has 0 spiro atoms. The summed E-state index contributed by atoms with van der Waals surface area (Å²) in [4.78, 5) is 19.9. The van der Waals surface area contributed by atoms with Crippen molar-refractivity contribution in [2.24, 2.45) is 4.99 Å². The fraction of sp³-hybridized carbons (Fsp3) is 0.579. The number of nitrogens with zero attached hydrogens (tertiary/aromatic N) is 3. The summed E-state index contributed by atoms with van der Waals surface area (Å²) in [6, 6.07) is 7.76. The molecule has 1 fully saturated rings. The second-order valence-electron chi connectivity index (χ2n) is 7.18. The van der Waals surface area contributed by atoms with Gasteiger partial charge in [0.2, 0.25) is 5.91 Å². The van der Waals surface area contributed by atoms with E-state index in [-0.39, 0.29) is 18.5 Å². The Hall–Kier alpha value is -2.29. The van der Waals surface area contributed by atoms with Crippen molar-refractivity contribution in [1.29, 1.82) is 0 Å². The largest absolute Gasteiger partial charge is 0.401 e. The van der Waals surface area contributed by atoms with E-state index >= 15 is 0 Å². The lowest BCUT2D eigenvalue weighted by molar-refractivity contribution is -0.143. The van der Waals surface area contributed by atoms with Crippen LogP contribution in [-0.4, -0.2) is 68.8 Å². The lowest BCUT2D eigenvalue weighted by atomic mass is 10.0. The molecule has 2 heterocycles. The van der Waals surface area contributed by atoms with E-state index in [0.717, 1.165) is 18.5 Å². The van der Waals surface area contributed by atoms with E-state index in [0.29, 0.717) is 32.0 Å². The maximum Gasteiger partial charge on any atom is 0.401 e. The Morgan fingerprint density at radius 1 is 1.29 bits per heavy atom. The number of nitrogens with one attached hydrogen (secondary N) is 2. The Labute approximate surface area is 162 Å². The molecule has 0 aliphatic carbocycles. The van der Waals surface area contributed by atoms with Gasteiger partial charge >= 0.3 is 6.18 Å². The second-order valence-corrected chi connectivity index (χ2v) is 7.18. The van der Waals surface area contributed by atoms with Crippen molar-refractivity contribution in [1.82, 2.24) is 15.5 Å². The summed E-state index contributed by atoms with van der Waals surface area (Å²) in [7, 11) is 1.58. The summed E-state index contributed by atoms with van der Waals surface area (Å²) in [6.07, 6.45) is -1.70. The highest BCUT2D eigenvalue weighted by Gasteiger charge is 2.34. The third kappa shape index (κ3) is 5.37. The molecule has 3 rings (SSSR count). The maximum atomic E-state index is 12.7. The zero-order valence-electron chi connectivity index (χ0n) is 15.9. The number of aliphatic imine (C=N–C) groups is 1. The molecule has 154 valence electrons. The molecule has 1 amide bonds. The van der Waals surface area contributed by atoms with Gasteiger partial charge in [0.15, 0.2) is 5.96 Å². The van der Waals surface area contributed by atoms with Gasteiger partial charge in [-0.1, -0.05) is 18.2 Å². The van der Waals surface area contributed by atoms with Crippen LogP contribution in [0, 0.1) is 0 Å². The van der Waals surface area contributed by atoms with Gasteiger partial charge in [-0.3, -0.25) is 14.7 Å². The summed E-state index contributed by atoms with van der Waals surface area (Å²) in [6.45, 7) is 0.543. The monoisotopic (exact) mass is 397 g/mol. The van der Waals surface area contributed by atoms with Gasteiger partial charge in [-0.05, 0) is 30.9 Å². The quantitative estimate of drug-likeness (QED) is 0.601. The highest BCUT2D eigenvalue weighted by molar-refractivity contribution is 5.98. The molecule has 0 radical (unpaired) electrons. The predicted octanol–water partition coefficient (Wildman–Crippen LogP) is 1.77. The van der Waals surface area contributed by atoms with Crippen molar-refractivity contribution in [3.8, 4) is 0 Å². The van der Waals surface area contributed by atoms with Crippen LogP contribution in [-0.2, 0) is 11.2 Å². The summed E-state index contributed by atoms with van der Waals surface area (Å²) in [5.41, 5.74) is 2.11. The van der Waals surface area contributed by atoms with Crippen LogP contribution in [0.3, 0.4) is 0 Å². The normalized spacial score (nSPS) is 20.8. The molecule has 1 aromatic rings. The first kappa shape index (κ1) is 20.4. The Kier molecular flexibility index (Phi) is 6.43. The number of amides is 1. The second kappa shape index (κ2) is 8.81. The third-order valence-electron chi connectivity index (χ3n) is 5.06. The predicted molar refractivity (Wildman–Crippen MR) is 103 cm³/mol. The molecule has 0 saturated carbocycles. The number of anilines is 1. The van der Waals surface area contributed by atoms with Crippen molar-refractivity contribution in [3.05, 3.63) is 29.8 Å². The maximum absolute atomic E-state index is 12.7. The van der Waals surface area contributed by atoms with Crippen molar-refractivity contribution >= 4 is 17.6 Å². The molecule has 28 heavy (non-hydrogen) atoms.